The molecule has 174 valence electrons. The van der Waals surface area contributed by atoms with Crippen LogP contribution in [0.15, 0.2) is 121 Å². The fourth-order valence-corrected chi connectivity index (χ4v) is 8.18. The third kappa shape index (κ3) is 8.78. The summed E-state index contributed by atoms with van der Waals surface area (Å²) < 4.78 is 0. The molecule has 0 heterocycles. The van der Waals surface area contributed by atoms with Crippen molar-refractivity contribution < 1.29 is 33.5 Å². The molecule has 4 aromatic rings. The van der Waals surface area contributed by atoms with Crippen molar-refractivity contribution in [3.05, 3.63) is 121 Å². The van der Waals surface area contributed by atoms with Gasteiger partial charge >= 0.3 is 0 Å². The third-order valence-corrected chi connectivity index (χ3v) is 9.79. The Hall–Kier alpha value is -1.29. The van der Waals surface area contributed by atoms with Crippen molar-refractivity contribution >= 4 is 37.7 Å². The van der Waals surface area contributed by atoms with Crippen molar-refractivity contribution in [3.8, 4) is 0 Å². The van der Waals surface area contributed by atoms with Crippen LogP contribution in [0.4, 0.5) is 0 Å². The summed E-state index contributed by atoms with van der Waals surface area (Å²) in [6.45, 7) is 0. The van der Waals surface area contributed by atoms with E-state index in [4.69, 9.17) is 0 Å². The van der Waals surface area contributed by atoms with Crippen LogP contribution < -0.4 is 38.2 Å². The molecule has 1 aliphatic rings. The standard InChI is InChI=1S/C17H19P.C12H11P.BrH.Ni/c1-3-9-15(10-4-1)18(17-13-7-8-14-17)16-11-5-2-6-12-16;1-3-7-11(8-4-1)13-12-9-5-2-6-10-12;;/h1-6,9-12,17H,7-8,13-14H2;1-10,13H;1H;/p-1. The maximum absolute atomic E-state index is 2.32. The minimum absolute atomic E-state index is 0. The molecule has 0 aromatic heterocycles. The van der Waals surface area contributed by atoms with E-state index < -0.39 is 0 Å². The zero-order valence-corrected chi connectivity index (χ0v) is 23.1. The summed E-state index contributed by atoms with van der Waals surface area (Å²) in [5, 5.41) is 5.89. The molecule has 0 spiro atoms. The SMILES string of the molecule is [Br-].[Ni].c1ccc(P(c2ccccc2)C2CCCC2)cc1.c1ccc(Pc2ccccc2)cc1. The van der Waals surface area contributed by atoms with E-state index in [1.54, 1.807) is 10.6 Å². The van der Waals surface area contributed by atoms with Gasteiger partial charge in [-0.25, -0.2) is 0 Å². The molecule has 4 aromatic carbocycles. The predicted molar refractivity (Wildman–Crippen MR) is 142 cm³/mol. The van der Waals surface area contributed by atoms with E-state index in [-0.39, 0.29) is 41.4 Å². The minimum Gasteiger partial charge on any atom is -1.00 e. The van der Waals surface area contributed by atoms with Crippen molar-refractivity contribution in [1.29, 1.82) is 0 Å². The van der Waals surface area contributed by atoms with Gasteiger partial charge in [0.05, 0.1) is 0 Å². The average Bonchev–Trinajstić information content (AvgIpc) is 3.37. The molecule has 0 aliphatic heterocycles. The van der Waals surface area contributed by atoms with Crippen LogP contribution in [-0.2, 0) is 16.5 Å². The molecule has 1 fully saturated rings. The fourth-order valence-electron chi connectivity index (χ4n) is 4.12. The molecule has 0 radical (unpaired) electrons. The van der Waals surface area contributed by atoms with Crippen LogP contribution in [0.5, 0.6) is 0 Å². The van der Waals surface area contributed by atoms with E-state index in [2.05, 4.69) is 121 Å². The topological polar surface area (TPSA) is 0 Å². The first-order valence-electron chi connectivity index (χ1n) is 11.2. The van der Waals surface area contributed by atoms with Crippen molar-refractivity contribution in [3.63, 3.8) is 0 Å². The zero-order valence-electron chi connectivity index (χ0n) is 18.6. The van der Waals surface area contributed by atoms with Gasteiger partial charge in [0.1, 0.15) is 0 Å². The summed E-state index contributed by atoms with van der Waals surface area (Å²) in [5.41, 5.74) is 0.893. The Morgan fingerprint density at radius 2 is 0.848 bits per heavy atom. The molecular formula is C29H30BrNiP2-. The third-order valence-electron chi connectivity index (χ3n) is 5.59. The van der Waals surface area contributed by atoms with Gasteiger partial charge in [-0.1, -0.05) is 143 Å². The van der Waals surface area contributed by atoms with Crippen molar-refractivity contribution in [2.75, 3.05) is 0 Å². The number of rotatable bonds is 5. The summed E-state index contributed by atoms with van der Waals surface area (Å²) in [6.07, 6.45) is 5.66. The van der Waals surface area contributed by atoms with Gasteiger partial charge in [-0.2, -0.15) is 0 Å². The Morgan fingerprint density at radius 1 is 0.515 bits per heavy atom. The van der Waals surface area contributed by atoms with Crippen LogP contribution in [-0.4, -0.2) is 5.66 Å². The summed E-state index contributed by atoms with van der Waals surface area (Å²) in [4.78, 5) is 0. The fraction of sp³-hybridized carbons (Fsp3) is 0.172. The minimum atomic E-state index is -0.152. The van der Waals surface area contributed by atoms with E-state index in [9.17, 15) is 0 Å². The largest absolute Gasteiger partial charge is 1.00 e. The Bertz CT molecular complexity index is 931. The second-order valence-corrected chi connectivity index (χ2v) is 11.7. The van der Waals surface area contributed by atoms with Crippen LogP contribution in [0.3, 0.4) is 0 Å². The maximum Gasteiger partial charge on any atom is 0 e. The van der Waals surface area contributed by atoms with Crippen LogP contribution in [0.25, 0.3) is 0 Å². The molecule has 0 nitrogen and oxygen atoms in total. The molecule has 0 bridgehead atoms. The van der Waals surface area contributed by atoms with Gasteiger partial charge in [0.2, 0.25) is 0 Å². The normalized spacial score (nSPS) is 12.8. The Balaban J connectivity index is 0.000000230. The number of hydrogen-bond acceptors (Lipinski definition) is 0. The first-order valence-corrected chi connectivity index (χ1v) is 13.6. The van der Waals surface area contributed by atoms with E-state index in [0.717, 1.165) is 14.2 Å². The summed E-state index contributed by atoms with van der Waals surface area (Å²) in [7, 11) is 0.625. The Labute approximate surface area is 222 Å². The molecule has 1 saturated carbocycles. The molecule has 0 N–H and O–H groups in total. The predicted octanol–water partition coefficient (Wildman–Crippen LogP) is 3.38. The molecule has 0 saturated heterocycles. The van der Waals surface area contributed by atoms with Crippen LogP contribution in [0, 0.1) is 0 Å². The van der Waals surface area contributed by atoms with E-state index in [0.29, 0.717) is 0 Å². The molecular weight excluding hydrogens is 549 g/mol. The van der Waals surface area contributed by atoms with Crippen molar-refractivity contribution in [2.24, 2.45) is 0 Å². The summed E-state index contributed by atoms with van der Waals surface area (Å²) in [6, 6.07) is 43.4. The molecule has 5 rings (SSSR count). The van der Waals surface area contributed by atoms with E-state index in [1.807, 2.05) is 0 Å². The monoisotopic (exact) mass is 577 g/mol. The quantitative estimate of drug-likeness (QED) is 0.252. The zero-order chi connectivity index (χ0) is 21.1. The van der Waals surface area contributed by atoms with Crippen molar-refractivity contribution in [1.82, 2.24) is 0 Å². The smallest absolute Gasteiger partial charge is 0 e. The van der Waals surface area contributed by atoms with E-state index >= 15 is 0 Å². The van der Waals surface area contributed by atoms with Gasteiger partial charge in [-0.15, -0.1) is 0 Å². The van der Waals surface area contributed by atoms with Gasteiger partial charge in [0.15, 0.2) is 0 Å². The van der Waals surface area contributed by atoms with Gasteiger partial charge < -0.3 is 17.0 Å². The second-order valence-electron chi connectivity index (χ2n) is 7.84. The number of benzene rings is 4. The van der Waals surface area contributed by atoms with Crippen LogP contribution >= 0.6 is 16.5 Å². The number of halogens is 1. The summed E-state index contributed by atoms with van der Waals surface area (Å²) in [5.74, 6) is 0. The first-order chi connectivity index (χ1) is 15.4. The van der Waals surface area contributed by atoms with Crippen molar-refractivity contribution in [2.45, 2.75) is 31.3 Å². The molecule has 0 atom stereocenters. The average molecular weight is 579 g/mol. The summed E-state index contributed by atoms with van der Waals surface area (Å²) >= 11 is 0. The molecule has 1 aliphatic carbocycles. The van der Waals surface area contributed by atoms with Crippen LogP contribution in [0.2, 0.25) is 0 Å². The molecule has 33 heavy (non-hydrogen) atoms. The molecule has 0 unspecified atom stereocenters. The van der Waals surface area contributed by atoms with Gasteiger partial charge in [-0.3, -0.25) is 0 Å². The van der Waals surface area contributed by atoms with Gasteiger partial charge in [0, 0.05) is 16.5 Å². The van der Waals surface area contributed by atoms with E-state index in [1.165, 1.54) is 36.3 Å². The number of hydrogen-bond donors (Lipinski definition) is 0. The Kier molecular flexibility index (Phi) is 13.2. The Morgan fingerprint density at radius 3 is 1.21 bits per heavy atom. The van der Waals surface area contributed by atoms with Gasteiger partial charge in [-0.05, 0) is 47.6 Å². The maximum atomic E-state index is 2.32. The second kappa shape index (κ2) is 15.6. The first kappa shape index (κ1) is 28.0. The van der Waals surface area contributed by atoms with Crippen LogP contribution in [0.1, 0.15) is 25.7 Å². The molecule has 0 amide bonds. The molecule has 4 heteroatoms. The van der Waals surface area contributed by atoms with Gasteiger partial charge in [0.25, 0.3) is 0 Å².